The van der Waals surface area contributed by atoms with E-state index in [9.17, 15) is 19.8 Å². The van der Waals surface area contributed by atoms with Gasteiger partial charge in [-0.2, -0.15) is 0 Å². The van der Waals surface area contributed by atoms with Gasteiger partial charge in [-0.3, -0.25) is 9.69 Å². The maximum atomic E-state index is 14.1. The van der Waals surface area contributed by atoms with E-state index in [1.54, 1.807) is 12.1 Å². The number of piperazine rings is 1. The molecule has 10 heteroatoms. The van der Waals surface area contributed by atoms with Crippen molar-refractivity contribution >= 4 is 29.4 Å². The number of halogens is 1. The lowest BCUT2D eigenvalue weighted by Gasteiger charge is -2.41. The number of fused-ring (bicyclic) bond motifs is 1. The Bertz CT molecular complexity index is 1180. The molecule has 2 fully saturated rings. The molecule has 4 atom stereocenters. The van der Waals surface area contributed by atoms with Gasteiger partial charge in [0.15, 0.2) is 0 Å². The number of likely N-dealkylation sites (tertiary alicyclic amines) is 1. The van der Waals surface area contributed by atoms with Crippen molar-refractivity contribution in [3.05, 3.63) is 52.4 Å². The zero-order valence-corrected chi connectivity index (χ0v) is 22.2. The van der Waals surface area contributed by atoms with E-state index in [0.29, 0.717) is 56.2 Å². The maximum absolute atomic E-state index is 14.1. The molecule has 37 heavy (non-hydrogen) atoms. The van der Waals surface area contributed by atoms with Crippen LogP contribution in [0.1, 0.15) is 74.8 Å². The summed E-state index contributed by atoms with van der Waals surface area (Å²) in [6.45, 7) is 8.12. The molecule has 2 N–H and O–H groups in total. The molecular weight excluding hydrogens is 494 g/mol. The van der Waals surface area contributed by atoms with E-state index in [1.807, 2.05) is 30.9 Å². The van der Waals surface area contributed by atoms with Crippen LogP contribution < -0.4 is 4.90 Å². The number of anilines is 1. The van der Waals surface area contributed by atoms with Crippen molar-refractivity contribution in [2.75, 3.05) is 31.1 Å². The monoisotopic (exact) mass is 527 g/mol. The van der Waals surface area contributed by atoms with Crippen LogP contribution in [-0.4, -0.2) is 79.7 Å². The van der Waals surface area contributed by atoms with Crippen molar-refractivity contribution in [3.63, 3.8) is 0 Å². The summed E-state index contributed by atoms with van der Waals surface area (Å²) in [5, 5.41) is 21.0. The number of rotatable bonds is 4. The first-order valence-corrected chi connectivity index (χ1v) is 13.3. The van der Waals surface area contributed by atoms with Gasteiger partial charge in [0.1, 0.15) is 12.1 Å². The lowest BCUT2D eigenvalue weighted by molar-refractivity contribution is -0.134. The molecule has 0 radical (unpaired) electrons. The first kappa shape index (κ1) is 25.7. The van der Waals surface area contributed by atoms with Crippen molar-refractivity contribution in [2.24, 2.45) is 0 Å². The Kier molecular flexibility index (Phi) is 6.79. The number of hydrogen-bond donors (Lipinski definition) is 2. The number of amides is 2. The van der Waals surface area contributed by atoms with Gasteiger partial charge in [-0.05, 0) is 56.7 Å². The zero-order valence-electron chi connectivity index (χ0n) is 21.5. The highest BCUT2D eigenvalue weighted by Gasteiger charge is 2.49. The Hall–Kier alpha value is -2.91. The molecule has 1 unspecified atom stereocenters. The first-order valence-electron chi connectivity index (χ1n) is 12.9. The Morgan fingerprint density at radius 3 is 2.43 bits per heavy atom. The van der Waals surface area contributed by atoms with Crippen molar-refractivity contribution in [3.8, 4) is 0 Å². The fraction of sp³-hybridized carbons (Fsp3) is 0.556. The minimum Gasteiger partial charge on any atom is -0.465 e. The zero-order chi connectivity index (χ0) is 26.5. The minimum atomic E-state index is -1.00. The first-order chi connectivity index (χ1) is 17.6. The summed E-state index contributed by atoms with van der Waals surface area (Å²) in [6, 6.07) is 6.73. The van der Waals surface area contributed by atoms with Crippen LogP contribution in [0.2, 0.25) is 5.02 Å². The molecule has 3 heterocycles. The third kappa shape index (κ3) is 4.63. The average molecular weight is 528 g/mol. The molecule has 198 valence electrons. The fourth-order valence-electron chi connectivity index (χ4n) is 6.40. The molecule has 0 spiro atoms. The summed E-state index contributed by atoms with van der Waals surface area (Å²) in [7, 11) is 0. The predicted molar refractivity (Wildman–Crippen MR) is 140 cm³/mol. The van der Waals surface area contributed by atoms with E-state index in [1.165, 1.54) is 11.2 Å². The Labute approximate surface area is 222 Å². The summed E-state index contributed by atoms with van der Waals surface area (Å²) in [6.07, 6.45) is 1.88. The summed E-state index contributed by atoms with van der Waals surface area (Å²) < 4.78 is 0. The van der Waals surface area contributed by atoms with Gasteiger partial charge in [0.05, 0.1) is 23.8 Å². The Morgan fingerprint density at radius 2 is 1.78 bits per heavy atom. The quantitative estimate of drug-likeness (QED) is 0.617. The number of aromatic nitrogens is 2. The second-order valence-corrected chi connectivity index (χ2v) is 11.5. The summed E-state index contributed by atoms with van der Waals surface area (Å²) >= 11 is 6.13. The van der Waals surface area contributed by atoms with Crippen LogP contribution in [0.4, 0.5) is 10.6 Å². The van der Waals surface area contributed by atoms with Gasteiger partial charge in [-0.1, -0.05) is 30.7 Å². The smallest absolute Gasteiger partial charge is 0.408 e. The highest BCUT2D eigenvalue weighted by Crippen LogP contribution is 2.44. The molecule has 1 aromatic carbocycles. The molecule has 2 amide bonds. The maximum Gasteiger partial charge on any atom is 0.408 e. The van der Waals surface area contributed by atoms with E-state index in [2.05, 4.69) is 21.8 Å². The van der Waals surface area contributed by atoms with Gasteiger partial charge in [-0.15, -0.1) is 0 Å². The van der Waals surface area contributed by atoms with Gasteiger partial charge in [0.2, 0.25) is 5.91 Å². The van der Waals surface area contributed by atoms with Crippen molar-refractivity contribution in [1.82, 2.24) is 19.8 Å². The molecule has 2 saturated heterocycles. The van der Waals surface area contributed by atoms with Crippen LogP contribution in [0.5, 0.6) is 0 Å². The van der Waals surface area contributed by atoms with Crippen molar-refractivity contribution in [2.45, 2.75) is 69.6 Å². The topological polar surface area (TPSA) is 110 Å². The lowest BCUT2D eigenvalue weighted by atomic mass is 9.88. The second-order valence-electron chi connectivity index (χ2n) is 11.1. The standard InChI is InChI=1S/C27H34ClN5O4/c1-16-14-20(34)23-21(16)24(30-15-29-23)31-10-12-32(13-11-31)25(35)22(17-4-6-18(28)7-5-17)19-8-9-27(2,3)33(19)26(36)37/h4-7,15-16,19-20,22,34H,8-14H2,1-3H3,(H,36,37)/t16-,19?,20-,22+/m1/s1. The SMILES string of the molecule is C[C@@H]1C[C@@H](O)c2ncnc(N3CCN(C(=O)[C@@H](c4ccc(Cl)cc4)C4CCC(C)(C)N4C(=O)O)CC3)c21. The number of benzene rings is 1. The summed E-state index contributed by atoms with van der Waals surface area (Å²) in [5.74, 6) is 0.334. The molecule has 2 aliphatic heterocycles. The van der Waals surface area contributed by atoms with E-state index in [0.717, 1.165) is 16.9 Å². The number of hydrogen-bond acceptors (Lipinski definition) is 6. The Balaban J connectivity index is 1.39. The lowest BCUT2D eigenvalue weighted by Crippen LogP contribution is -2.55. The Morgan fingerprint density at radius 1 is 1.11 bits per heavy atom. The highest BCUT2D eigenvalue weighted by molar-refractivity contribution is 6.30. The van der Waals surface area contributed by atoms with Gasteiger partial charge in [0, 0.05) is 42.3 Å². The molecule has 0 bridgehead atoms. The summed E-state index contributed by atoms with van der Waals surface area (Å²) in [4.78, 5) is 40.7. The van der Waals surface area contributed by atoms with Crippen LogP contribution in [-0.2, 0) is 4.79 Å². The average Bonchev–Trinajstić information content (AvgIpc) is 3.35. The highest BCUT2D eigenvalue weighted by atomic mass is 35.5. The molecule has 2 aromatic rings. The van der Waals surface area contributed by atoms with Crippen LogP contribution in [0.15, 0.2) is 30.6 Å². The van der Waals surface area contributed by atoms with Crippen molar-refractivity contribution in [1.29, 1.82) is 0 Å². The van der Waals surface area contributed by atoms with Crippen LogP contribution >= 0.6 is 11.6 Å². The predicted octanol–water partition coefficient (Wildman–Crippen LogP) is 4.02. The number of carbonyl (C=O) groups excluding carboxylic acids is 1. The largest absolute Gasteiger partial charge is 0.465 e. The van der Waals surface area contributed by atoms with E-state index < -0.39 is 29.7 Å². The number of aliphatic hydroxyl groups excluding tert-OH is 1. The normalized spacial score (nSPS) is 25.8. The van der Waals surface area contributed by atoms with Crippen LogP contribution in [0.3, 0.4) is 0 Å². The molecule has 1 aromatic heterocycles. The second kappa shape index (κ2) is 9.76. The molecule has 5 rings (SSSR count). The molecule has 1 aliphatic carbocycles. The molecular formula is C27H34ClN5O4. The van der Waals surface area contributed by atoms with E-state index >= 15 is 0 Å². The number of nitrogens with zero attached hydrogens (tertiary/aromatic N) is 5. The molecule has 9 nitrogen and oxygen atoms in total. The molecule has 3 aliphatic rings. The third-order valence-electron chi connectivity index (χ3n) is 8.29. The number of carbonyl (C=O) groups is 2. The fourth-order valence-corrected chi connectivity index (χ4v) is 6.53. The number of aliphatic hydroxyl groups is 1. The van der Waals surface area contributed by atoms with Gasteiger partial charge in [0.25, 0.3) is 0 Å². The van der Waals surface area contributed by atoms with Gasteiger partial charge in [-0.25, -0.2) is 14.8 Å². The minimum absolute atomic E-state index is 0.0624. The van der Waals surface area contributed by atoms with Crippen molar-refractivity contribution < 1.29 is 19.8 Å². The third-order valence-corrected chi connectivity index (χ3v) is 8.54. The van der Waals surface area contributed by atoms with Crippen LogP contribution in [0.25, 0.3) is 0 Å². The van der Waals surface area contributed by atoms with Crippen LogP contribution in [0, 0.1) is 0 Å². The summed E-state index contributed by atoms with van der Waals surface area (Å²) in [5.41, 5.74) is 1.94. The van der Waals surface area contributed by atoms with Gasteiger partial charge >= 0.3 is 6.09 Å². The van der Waals surface area contributed by atoms with Gasteiger partial charge < -0.3 is 20.0 Å². The number of carboxylic acid groups (broad SMARTS) is 1. The van der Waals surface area contributed by atoms with E-state index in [-0.39, 0.29) is 11.8 Å². The van der Waals surface area contributed by atoms with E-state index in [4.69, 9.17) is 11.6 Å². The molecule has 0 saturated carbocycles.